The molecular formula is C17H25NO2. The summed E-state index contributed by atoms with van der Waals surface area (Å²) in [5.41, 5.74) is 6.78. The van der Waals surface area contributed by atoms with Crippen LogP contribution >= 0.6 is 0 Å². The topological polar surface area (TPSA) is 40.5 Å². The zero-order chi connectivity index (χ0) is 15.0. The predicted octanol–water partition coefficient (Wildman–Crippen LogP) is 2.68. The number of rotatable bonds is 2. The van der Waals surface area contributed by atoms with E-state index >= 15 is 0 Å². The third-order valence-electron chi connectivity index (χ3n) is 5.05. The molecule has 0 aromatic heterocycles. The lowest BCUT2D eigenvalue weighted by Gasteiger charge is -2.22. The summed E-state index contributed by atoms with van der Waals surface area (Å²) in [7, 11) is 0. The zero-order valence-electron chi connectivity index (χ0n) is 13.2. The Morgan fingerprint density at radius 2 is 1.55 bits per heavy atom. The molecule has 2 rings (SSSR count). The second-order valence-corrected chi connectivity index (χ2v) is 6.09. The molecule has 1 saturated heterocycles. The van der Waals surface area contributed by atoms with Gasteiger partial charge >= 0.3 is 0 Å². The maximum Gasteiger partial charge on any atom is 0.254 e. The fraction of sp³-hybridized carbons (Fsp3) is 0.588. The van der Waals surface area contributed by atoms with Crippen LogP contribution in [0.15, 0.2) is 0 Å². The van der Waals surface area contributed by atoms with Gasteiger partial charge in [0.05, 0.1) is 0 Å². The summed E-state index contributed by atoms with van der Waals surface area (Å²) in [6, 6.07) is 0. The van der Waals surface area contributed by atoms with Gasteiger partial charge < -0.3 is 10.0 Å². The van der Waals surface area contributed by atoms with Crippen LogP contribution in [0.4, 0.5) is 0 Å². The summed E-state index contributed by atoms with van der Waals surface area (Å²) in [5, 5.41) is 9.23. The Balaban J connectivity index is 2.41. The monoisotopic (exact) mass is 275 g/mol. The Morgan fingerprint density at radius 1 is 1.05 bits per heavy atom. The van der Waals surface area contributed by atoms with Crippen molar-refractivity contribution in [2.45, 2.75) is 41.0 Å². The number of nitrogens with zero attached hydrogens (tertiary/aromatic N) is 1. The third kappa shape index (κ3) is 2.35. The minimum Gasteiger partial charge on any atom is -0.396 e. The van der Waals surface area contributed by atoms with E-state index in [9.17, 15) is 9.90 Å². The summed E-state index contributed by atoms with van der Waals surface area (Å²) < 4.78 is 0. The molecule has 1 aliphatic rings. The molecule has 1 unspecified atom stereocenters. The number of hydrogen-bond donors (Lipinski definition) is 1. The van der Waals surface area contributed by atoms with E-state index in [1.54, 1.807) is 0 Å². The molecule has 1 aliphatic heterocycles. The van der Waals surface area contributed by atoms with Gasteiger partial charge in [0.15, 0.2) is 0 Å². The molecule has 0 bridgehead atoms. The van der Waals surface area contributed by atoms with Crippen LogP contribution in [0.5, 0.6) is 0 Å². The van der Waals surface area contributed by atoms with Gasteiger partial charge in [-0.1, -0.05) is 0 Å². The first kappa shape index (κ1) is 15.0. The third-order valence-corrected chi connectivity index (χ3v) is 5.05. The first-order chi connectivity index (χ1) is 9.38. The summed E-state index contributed by atoms with van der Waals surface area (Å²) in [4.78, 5) is 14.7. The van der Waals surface area contributed by atoms with Gasteiger partial charge in [-0.05, 0) is 68.9 Å². The maximum atomic E-state index is 12.8. The minimum absolute atomic E-state index is 0.127. The van der Waals surface area contributed by atoms with Gasteiger partial charge in [-0.15, -0.1) is 0 Å². The highest BCUT2D eigenvalue weighted by atomic mass is 16.3. The number of aliphatic hydroxyl groups excluding tert-OH is 1. The number of benzene rings is 1. The van der Waals surface area contributed by atoms with Gasteiger partial charge in [0.2, 0.25) is 0 Å². The largest absolute Gasteiger partial charge is 0.396 e. The lowest BCUT2D eigenvalue weighted by molar-refractivity contribution is 0.0780. The molecule has 1 aromatic rings. The summed E-state index contributed by atoms with van der Waals surface area (Å²) in [5.74, 6) is 0.370. The van der Waals surface area contributed by atoms with Gasteiger partial charge in [0, 0.05) is 31.2 Å². The van der Waals surface area contributed by atoms with E-state index in [1.807, 2.05) is 18.7 Å². The number of amides is 1. The molecule has 1 N–H and O–H groups in total. The van der Waals surface area contributed by atoms with E-state index < -0.39 is 0 Å². The average Bonchev–Trinajstić information content (AvgIpc) is 2.92. The van der Waals surface area contributed by atoms with Crippen molar-refractivity contribution in [3.05, 3.63) is 33.4 Å². The van der Waals surface area contributed by atoms with E-state index in [0.717, 1.165) is 29.7 Å². The van der Waals surface area contributed by atoms with Crippen molar-refractivity contribution < 1.29 is 9.90 Å². The van der Waals surface area contributed by atoms with E-state index in [4.69, 9.17) is 0 Å². The fourth-order valence-electron chi connectivity index (χ4n) is 3.15. The fourth-order valence-corrected chi connectivity index (χ4v) is 3.15. The molecule has 3 heteroatoms. The molecule has 0 aliphatic carbocycles. The molecule has 110 valence electrons. The SMILES string of the molecule is Cc1c(C)c(C)c(C(=O)N2CCC(CO)C2)c(C)c1C. The van der Waals surface area contributed by atoms with E-state index in [-0.39, 0.29) is 18.4 Å². The van der Waals surface area contributed by atoms with Gasteiger partial charge in [-0.2, -0.15) is 0 Å². The summed E-state index contributed by atoms with van der Waals surface area (Å²) in [6.07, 6.45) is 0.907. The Kier molecular flexibility index (Phi) is 4.19. The van der Waals surface area contributed by atoms with Crippen LogP contribution < -0.4 is 0 Å². The standard InChI is InChI=1S/C17H25NO2/c1-10-11(2)13(4)16(14(5)12(10)3)17(20)18-7-6-15(8-18)9-19/h15,19H,6-9H2,1-5H3. The molecule has 1 fully saturated rings. The van der Waals surface area contributed by atoms with E-state index in [1.165, 1.54) is 16.7 Å². The zero-order valence-corrected chi connectivity index (χ0v) is 13.2. The second-order valence-electron chi connectivity index (χ2n) is 6.09. The Hall–Kier alpha value is -1.35. The number of hydrogen-bond acceptors (Lipinski definition) is 2. The average molecular weight is 275 g/mol. The molecule has 0 saturated carbocycles. The van der Waals surface area contributed by atoms with E-state index in [2.05, 4.69) is 20.8 Å². The van der Waals surface area contributed by atoms with Gasteiger partial charge in [-0.25, -0.2) is 0 Å². The molecule has 0 radical (unpaired) electrons. The van der Waals surface area contributed by atoms with Crippen molar-refractivity contribution in [1.82, 2.24) is 4.90 Å². The first-order valence-electron chi connectivity index (χ1n) is 7.35. The number of carbonyl (C=O) groups is 1. The van der Waals surface area contributed by atoms with Crippen LogP contribution in [0.1, 0.15) is 44.6 Å². The van der Waals surface area contributed by atoms with E-state index in [0.29, 0.717) is 6.54 Å². The molecule has 3 nitrogen and oxygen atoms in total. The number of carbonyl (C=O) groups excluding carboxylic acids is 1. The van der Waals surface area contributed by atoms with Crippen molar-refractivity contribution in [2.24, 2.45) is 5.92 Å². The maximum absolute atomic E-state index is 12.8. The van der Waals surface area contributed by atoms with Gasteiger partial charge in [0.25, 0.3) is 5.91 Å². The molecule has 0 spiro atoms. The highest BCUT2D eigenvalue weighted by Crippen LogP contribution is 2.28. The molecule has 1 aromatic carbocycles. The van der Waals surface area contributed by atoms with Crippen LogP contribution in [-0.2, 0) is 0 Å². The van der Waals surface area contributed by atoms with Crippen molar-refractivity contribution in [1.29, 1.82) is 0 Å². The van der Waals surface area contributed by atoms with Crippen LogP contribution in [-0.4, -0.2) is 35.6 Å². The number of likely N-dealkylation sites (tertiary alicyclic amines) is 1. The van der Waals surface area contributed by atoms with Crippen LogP contribution in [0.3, 0.4) is 0 Å². The summed E-state index contributed by atoms with van der Waals surface area (Å²) >= 11 is 0. The van der Waals surface area contributed by atoms with Crippen LogP contribution in [0, 0.1) is 40.5 Å². The lowest BCUT2D eigenvalue weighted by atomic mass is 9.89. The van der Waals surface area contributed by atoms with Crippen molar-refractivity contribution in [3.8, 4) is 0 Å². The Morgan fingerprint density at radius 3 is 2.00 bits per heavy atom. The lowest BCUT2D eigenvalue weighted by Crippen LogP contribution is -2.30. The highest BCUT2D eigenvalue weighted by molar-refractivity contribution is 5.98. The second kappa shape index (κ2) is 5.57. The van der Waals surface area contributed by atoms with Gasteiger partial charge in [-0.3, -0.25) is 4.79 Å². The molecule has 1 amide bonds. The van der Waals surface area contributed by atoms with Gasteiger partial charge in [0.1, 0.15) is 0 Å². The van der Waals surface area contributed by atoms with Crippen molar-refractivity contribution in [2.75, 3.05) is 19.7 Å². The summed E-state index contributed by atoms with van der Waals surface area (Å²) in [6.45, 7) is 12.0. The molecule has 1 atom stereocenters. The Labute approximate surface area is 121 Å². The van der Waals surface area contributed by atoms with Crippen molar-refractivity contribution >= 4 is 5.91 Å². The van der Waals surface area contributed by atoms with Crippen LogP contribution in [0.2, 0.25) is 0 Å². The minimum atomic E-state index is 0.127. The predicted molar refractivity (Wildman–Crippen MR) is 81.2 cm³/mol. The molecule has 1 heterocycles. The van der Waals surface area contributed by atoms with Crippen LogP contribution in [0.25, 0.3) is 0 Å². The quantitative estimate of drug-likeness (QED) is 0.901. The molecular weight excluding hydrogens is 250 g/mol. The Bertz CT molecular complexity index is 519. The number of aliphatic hydroxyl groups is 1. The normalized spacial score (nSPS) is 18.7. The highest BCUT2D eigenvalue weighted by Gasteiger charge is 2.29. The van der Waals surface area contributed by atoms with Crippen molar-refractivity contribution in [3.63, 3.8) is 0 Å². The first-order valence-corrected chi connectivity index (χ1v) is 7.35. The smallest absolute Gasteiger partial charge is 0.254 e. The molecule has 20 heavy (non-hydrogen) atoms.